The molecule has 0 radical (unpaired) electrons. The number of aromatic nitrogens is 3. The van der Waals surface area contributed by atoms with Gasteiger partial charge >= 0.3 is 6.01 Å². The Morgan fingerprint density at radius 2 is 2.20 bits per heavy atom. The minimum Gasteiger partial charge on any atom is -0.464 e. The van der Waals surface area contributed by atoms with Crippen LogP contribution < -0.4 is 15.0 Å². The molecule has 1 aliphatic rings. The highest BCUT2D eigenvalue weighted by molar-refractivity contribution is 5.38. The van der Waals surface area contributed by atoms with Crippen molar-refractivity contribution in [3.63, 3.8) is 0 Å². The maximum absolute atomic E-state index is 5.41. The molecule has 1 unspecified atom stereocenters. The molecule has 0 bridgehead atoms. The third kappa shape index (κ3) is 3.47. The number of nitrogens with zero attached hydrogens (tertiary/aromatic N) is 5. The number of hydrogen-bond acceptors (Lipinski definition) is 7. The fourth-order valence-corrected chi connectivity index (χ4v) is 2.43. The second kappa shape index (κ2) is 6.69. The van der Waals surface area contributed by atoms with Gasteiger partial charge in [-0.25, -0.2) is 0 Å². The lowest BCUT2D eigenvalue weighted by Gasteiger charge is -2.35. The van der Waals surface area contributed by atoms with Crippen LogP contribution in [-0.2, 0) is 0 Å². The van der Waals surface area contributed by atoms with Crippen molar-refractivity contribution in [2.75, 3.05) is 51.1 Å². The first kappa shape index (κ1) is 14.8. The van der Waals surface area contributed by atoms with E-state index in [1.807, 2.05) is 14.0 Å². The average Bonchev–Trinajstić information content (AvgIpc) is 2.46. The Balaban J connectivity index is 2.19. The van der Waals surface area contributed by atoms with Crippen molar-refractivity contribution in [1.29, 1.82) is 0 Å². The third-order valence-corrected chi connectivity index (χ3v) is 3.56. The second-order valence-corrected chi connectivity index (χ2v) is 5.09. The maximum Gasteiger partial charge on any atom is 0.323 e. The first-order chi connectivity index (χ1) is 9.63. The minimum absolute atomic E-state index is 0.373. The van der Waals surface area contributed by atoms with Gasteiger partial charge in [-0.15, -0.1) is 0 Å². The Bertz CT molecular complexity index is 441. The molecule has 1 saturated heterocycles. The van der Waals surface area contributed by atoms with Crippen LogP contribution in [0.25, 0.3) is 0 Å². The first-order valence-electron chi connectivity index (χ1n) is 7.12. The number of piperidine rings is 1. The summed E-state index contributed by atoms with van der Waals surface area (Å²) in [5, 5.41) is 2.95. The standard InChI is InChI=1S/C13H24N6O/c1-5-20-13-16-11(14-2)15-12(17-13)19(4)10-7-6-8-18(3)9-10/h10H,5-9H2,1-4H3,(H,14,15,16,17). The van der Waals surface area contributed by atoms with Crippen LogP contribution in [0.2, 0.25) is 0 Å². The number of hydrogen-bond donors (Lipinski definition) is 1. The molecule has 0 spiro atoms. The molecule has 1 atom stereocenters. The van der Waals surface area contributed by atoms with E-state index in [2.05, 4.69) is 37.1 Å². The zero-order valence-electron chi connectivity index (χ0n) is 12.8. The average molecular weight is 280 g/mol. The van der Waals surface area contributed by atoms with Gasteiger partial charge in [-0.05, 0) is 33.4 Å². The highest BCUT2D eigenvalue weighted by Crippen LogP contribution is 2.20. The summed E-state index contributed by atoms with van der Waals surface area (Å²) in [5.41, 5.74) is 0. The number of anilines is 2. The van der Waals surface area contributed by atoms with Crippen LogP contribution in [0.15, 0.2) is 0 Å². The maximum atomic E-state index is 5.41. The zero-order valence-corrected chi connectivity index (χ0v) is 12.8. The lowest BCUT2D eigenvalue weighted by molar-refractivity contribution is 0.246. The Hall–Kier alpha value is -1.63. The van der Waals surface area contributed by atoms with Crippen molar-refractivity contribution >= 4 is 11.9 Å². The van der Waals surface area contributed by atoms with Crippen LogP contribution in [-0.4, -0.2) is 66.7 Å². The molecule has 0 aromatic carbocycles. The molecule has 0 saturated carbocycles. The van der Waals surface area contributed by atoms with E-state index >= 15 is 0 Å². The molecule has 2 heterocycles. The van der Waals surface area contributed by atoms with Crippen LogP contribution in [0.5, 0.6) is 6.01 Å². The topological polar surface area (TPSA) is 66.4 Å². The van der Waals surface area contributed by atoms with Crippen LogP contribution in [0.1, 0.15) is 19.8 Å². The van der Waals surface area contributed by atoms with E-state index in [1.165, 1.54) is 6.42 Å². The van der Waals surface area contributed by atoms with Crippen molar-refractivity contribution in [2.45, 2.75) is 25.8 Å². The molecular formula is C13H24N6O. The molecule has 1 aliphatic heterocycles. The number of ether oxygens (including phenoxy) is 1. The van der Waals surface area contributed by atoms with E-state index in [0.717, 1.165) is 19.5 Å². The van der Waals surface area contributed by atoms with Crippen molar-refractivity contribution in [1.82, 2.24) is 19.9 Å². The lowest BCUT2D eigenvalue weighted by atomic mass is 10.1. The molecule has 7 nitrogen and oxygen atoms in total. The van der Waals surface area contributed by atoms with Gasteiger partial charge in [0.15, 0.2) is 0 Å². The summed E-state index contributed by atoms with van der Waals surface area (Å²) in [5.74, 6) is 1.20. The number of likely N-dealkylation sites (tertiary alicyclic amines) is 1. The van der Waals surface area contributed by atoms with Gasteiger partial charge in [0.25, 0.3) is 0 Å². The summed E-state index contributed by atoms with van der Waals surface area (Å²) >= 11 is 0. The van der Waals surface area contributed by atoms with Crippen LogP contribution in [0.4, 0.5) is 11.9 Å². The van der Waals surface area contributed by atoms with Crippen molar-refractivity contribution < 1.29 is 4.74 Å². The highest BCUT2D eigenvalue weighted by Gasteiger charge is 2.23. The number of rotatable bonds is 5. The fraction of sp³-hybridized carbons (Fsp3) is 0.769. The van der Waals surface area contributed by atoms with Gasteiger partial charge in [-0.3, -0.25) is 0 Å². The van der Waals surface area contributed by atoms with Gasteiger partial charge in [0.1, 0.15) is 0 Å². The van der Waals surface area contributed by atoms with Crippen LogP contribution in [0.3, 0.4) is 0 Å². The van der Waals surface area contributed by atoms with E-state index in [4.69, 9.17) is 4.74 Å². The molecule has 2 rings (SSSR count). The molecule has 1 aromatic heterocycles. The fourth-order valence-electron chi connectivity index (χ4n) is 2.43. The SMILES string of the molecule is CCOc1nc(NC)nc(N(C)C2CCCN(C)C2)n1. The molecule has 0 aliphatic carbocycles. The predicted octanol–water partition coefficient (Wildman–Crippen LogP) is 0.842. The summed E-state index contributed by atoms with van der Waals surface area (Å²) < 4.78 is 5.41. The van der Waals surface area contributed by atoms with Crippen molar-refractivity contribution in [3.8, 4) is 6.01 Å². The molecule has 112 valence electrons. The highest BCUT2D eigenvalue weighted by atomic mass is 16.5. The van der Waals surface area contributed by atoms with E-state index in [1.54, 1.807) is 7.05 Å². The third-order valence-electron chi connectivity index (χ3n) is 3.56. The molecular weight excluding hydrogens is 256 g/mol. The van der Waals surface area contributed by atoms with E-state index < -0.39 is 0 Å². The molecule has 1 fully saturated rings. The van der Waals surface area contributed by atoms with Gasteiger partial charge < -0.3 is 19.9 Å². The van der Waals surface area contributed by atoms with Gasteiger partial charge in [0.05, 0.1) is 6.61 Å². The Morgan fingerprint density at radius 3 is 2.85 bits per heavy atom. The summed E-state index contributed by atoms with van der Waals surface area (Å²) in [6.07, 6.45) is 2.36. The molecule has 7 heteroatoms. The van der Waals surface area contributed by atoms with Crippen molar-refractivity contribution in [2.24, 2.45) is 0 Å². The largest absolute Gasteiger partial charge is 0.464 e. The Kier molecular flexibility index (Phi) is 4.94. The summed E-state index contributed by atoms with van der Waals surface area (Å²) in [7, 11) is 5.98. The quantitative estimate of drug-likeness (QED) is 0.857. The van der Waals surface area contributed by atoms with Gasteiger partial charge in [-0.2, -0.15) is 15.0 Å². The van der Waals surface area contributed by atoms with Gasteiger partial charge in [0.2, 0.25) is 11.9 Å². The lowest BCUT2D eigenvalue weighted by Crippen LogP contribution is -2.45. The monoisotopic (exact) mass is 280 g/mol. The summed E-state index contributed by atoms with van der Waals surface area (Å²) in [4.78, 5) is 17.5. The smallest absolute Gasteiger partial charge is 0.323 e. The van der Waals surface area contributed by atoms with Gasteiger partial charge in [-0.1, -0.05) is 0 Å². The molecule has 1 aromatic rings. The van der Waals surface area contributed by atoms with E-state index in [-0.39, 0.29) is 0 Å². The molecule has 0 amide bonds. The minimum atomic E-state index is 0.373. The van der Waals surface area contributed by atoms with Gasteiger partial charge in [0, 0.05) is 26.7 Å². The molecule has 1 N–H and O–H groups in total. The first-order valence-corrected chi connectivity index (χ1v) is 7.12. The second-order valence-electron chi connectivity index (χ2n) is 5.09. The summed E-state index contributed by atoms with van der Waals surface area (Å²) in [6.45, 7) is 4.65. The Morgan fingerprint density at radius 1 is 1.40 bits per heavy atom. The number of nitrogens with one attached hydrogen (secondary N) is 1. The van der Waals surface area contributed by atoms with Crippen LogP contribution in [0, 0.1) is 0 Å². The normalized spacial score (nSPS) is 19.7. The summed E-state index contributed by atoms with van der Waals surface area (Å²) in [6, 6.07) is 0.799. The van der Waals surface area contributed by atoms with Crippen molar-refractivity contribution in [3.05, 3.63) is 0 Å². The van der Waals surface area contributed by atoms with E-state index in [9.17, 15) is 0 Å². The molecule has 20 heavy (non-hydrogen) atoms. The Labute approximate surface area is 120 Å². The number of likely N-dealkylation sites (N-methyl/N-ethyl adjacent to an activating group) is 2. The zero-order chi connectivity index (χ0) is 14.5. The van der Waals surface area contributed by atoms with Crippen LogP contribution >= 0.6 is 0 Å². The predicted molar refractivity (Wildman–Crippen MR) is 79.5 cm³/mol. The van der Waals surface area contributed by atoms with E-state index in [0.29, 0.717) is 30.6 Å².